The van der Waals surface area contributed by atoms with Crippen molar-refractivity contribution in [1.82, 2.24) is 14.7 Å². The predicted octanol–water partition coefficient (Wildman–Crippen LogP) is 4.50. The molecule has 5 nitrogen and oxygen atoms in total. The molecule has 1 saturated heterocycles. The highest BCUT2D eigenvalue weighted by Gasteiger charge is 2.35. The molecule has 2 atom stereocenters. The van der Waals surface area contributed by atoms with Crippen LogP contribution in [0.3, 0.4) is 0 Å². The predicted molar refractivity (Wildman–Crippen MR) is 134 cm³/mol. The summed E-state index contributed by atoms with van der Waals surface area (Å²) in [5, 5.41) is 2.20. The highest BCUT2D eigenvalue weighted by atomic mass is 32.1. The van der Waals surface area contributed by atoms with Gasteiger partial charge in [-0.2, -0.15) is 0 Å². The van der Waals surface area contributed by atoms with Gasteiger partial charge < -0.3 is 9.80 Å². The minimum atomic E-state index is -0.389. The van der Waals surface area contributed by atoms with Gasteiger partial charge in [-0.25, -0.2) is 0 Å². The van der Waals surface area contributed by atoms with E-state index < -0.39 is 0 Å². The lowest BCUT2D eigenvalue weighted by atomic mass is 9.90. The van der Waals surface area contributed by atoms with Gasteiger partial charge in [-0.3, -0.25) is 14.5 Å². The molecule has 3 heterocycles. The van der Waals surface area contributed by atoms with E-state index in [1.165, 1.54) is 21.6 Å². The molecule has 1 fully saturated rings. The molecule has 0 bridgehead atoms. The van der Waals surface area contributed by atoms with Crippen LogP contribution < -0.4 is 0 Å². The third kappa shape index (κ3) is 5.02. The number of benzene rings is 1. The maximum Gasteiger partial charge on any atom is 0.228 e. The smallest absolute Gasteiger partial charge is 0.228 e. The summed E-state index contributed by atoms with van der Waals surface area (Å²) in [6.07, 6.45) is 1.57. The van der Waals surface area contributed by atoms with Crippen LogP contribution in [-0.4, -0.2) is 65.3 Å². The molecule has 6 heteroatoms. The standard InChI is InChI=1S/C27H37N3O2S/c1-19-8-6-7-9-21(19)25-22-12-17-33-23(22)10-13-28(25)14-11-24(31)29-15-16-30(20(2)18-29)26(32)27(3,4)5/h6-9,12,17,20,25H,10-11,13-16,18H2,1-5H3. The molecule has 0 spiro atoms. The molecule has 2 aliphatic heterocycles. The van der Waals surface area contributed by atoms with Crippen molar-refractivity contribution in [3.05, 3.63) is 57.3 Å². The van der Waals surface area contributed by atoms with Crippen LogP contribution in [0, 0.1) is 12.3 Å². The van der Waals surface area contributed by atoms with Crippen LogP contribution >= 0.6 is 11.3 Å². The normalized spacial score (nSPS) is 21.7. The Hall–Kier alpha value is -2.18. The third-order valence-electron chi connectivity index (χ3n) is 7.04. The lowest BCUT2D eigenvalue weighted by Gasteiger charge is -2.42. The van der Waals surface area contributed by atoms with E-state index in [2.05, 4.69) is 54.5 Å². The molecular weight excluding hydrogens is 430 g/mol. The number of hydrogen-bond acceptors (Lipinski definition) is 4. The van der Waals surface area contributed by atoms with Crippen LogP contribution in [0.2, 0.25) is 0 Å². The van der Waals surface area contributed by atoms with E-state index in [9.17, 15) is 9.59 Å². The first-order valence-corrected chi connectivity index (χ1v) is 13.0. The van der Waals surface area contributed by atoms with E-state index in [-0.39, 0.29) is 29.3 Å². The number of piperazine rings is 1. The minimum Gasteiger partial charge on any atom is -0.339 e. The summed E-state index contributed by atoms with van der Waals surface area (Å²) in [5.74, 6) is 0.368. The number of nitrogens with zero attached hydrogens (tertiary/aromatic N) is 3. The van der Waals surface area contributed by atoms with E-state index in [0.717, 1.165) is 19.5 Å². The fourth-order valence-electron chi connectivity index (χ4n) is 5.18. The minimum absolute atomic E-state index is 0.0532. The summed E-state index contributed by atoms with van der Waals surface area (Å²) in [7, 11) is 0. The Morgan fingerprint density at radius 2 is 1.82 bits per heavy atom. The molecule has 2 unspecified atom stereocenters. The van der Waals surface area contributed by atoms with Crippen LogP contribution in [0.5, 0.6) is 0 Å². The first-order valence-electron chi connectivity index (χ1n) is 12.1. The van der Waals surface area contributed by atoms with Gasteiger partial charge in [-0.1, -0.05) is 45.0 Å². The molecule has 33 heavy (non-hydrogen) atoms. The van der Waals surface area contributed by atoms with Gasteiger partial charge in [-0.15, -0.1) is 11.3 Å². The molecule has 0 aliphatic carbocycles. The van der Waals surface area contributed by atoms with Gasteiger partial charge >= 0.3 is 0 Å². The average Bonchev–Trinajstić information content (AvgIpc) is 3.25. The molecule has 2 aromatic rings. The van der Waals surface area contributed by atoms with Gasteiger partial charge in [0.2, 0.25) is 11.8 Å². The zero-order chi connectivity index (χ0) is 23.8. The maximum atomic E-state index is 13.2. The van der Waals surface area contributed by atoms with Crippen molar-refractivity contribution in [2.24, 2.45) is 5.41 Å². The highest BCUT2D eigenvalue weighted by Crippen LogP contribution is 2.38. The lowest BCUT2D eigenvalue weighted by molar-refractivity contribution is -0.148. The molecule has 0 saturated carbocycles. The van der Waals surface area contributed by atoms with Crippen LogP contribution in [0.1, 0.15) is 61.7 Å². The van der Waals surface area contributed by atoms with Gasteiger partial charge in [-0.05, 0) is 48.4 Å². The molecule has 178 valence electrons. The monoisotopic (exact) mass is 467 g/mol. The van der Waals surface area contributed by atoms with E-state index in [1.54, 1.807) is 0 Å². The summed E-state index contributed by atoms with van der Waals surface area (Å²) < 4.78 is 0. The first kappa shape index (κ1) is 24.0. The van der Waals surface area contributed by atoms with Crippen LogP contribution in [0.25, 0.3) is 0 Å². The van der Waals surface area contributed by atoms with Gasteiger partial charge in [0.15, 0.2) is 0 Å². The van der Waals surface area contributed by atoms with Gasteiger partial charge in [0.05, 0.1) is 6.04 Å². The number of carbonyl (C=O) groups excluding carboxylic acids is 2. The molecular formula is C27H37N3O2S. The number of hydrogen-bond donors (Lipinski definition) is 0. The molecule has 1 aromatic carbocycles. The Morgan fingerprint density at radius 1 is 1.06 bits per heavy atom. The third-order valence-corrected chi connectivity index (χ3v) is 8.04. The quantitative estimate of drug-likeness (QED) is 0.665. The SMILES string of the molecule is Cc1ccccc1C1c2ccsc2CCN1CCC(=O)N1CCN(C(=O)C(C)(C)C)C(C)C1. The second kappa shape index (κ2) is 9.59. The van der Waals surface area contributed by atoms with Crippen molar-refractivity contribution >= 4 is 23.2 Å². The van der Waals surface area contributed by atoms with Gasteiger partial charge in [0.1, 0.15) is 0 Å². The number of rotatable bonds is 4. The summed E-state index contributed by atoms with van der Waals surface area (Å²) in [4.78, 5) is 33.8. The molecule has 2 amide bonds. The maximum absolute atomic E-state index is 13.2. The summed E-state index contributed by atoms with van der Waals surface area (Å²) in [5.41, 5.74) is 3.65. The molecule has 4 rings (SSSR count). The number of fused-ring (bicyclic) bond motifs is 1. The largest absolute Gasteiger partial charge is 0.339 e. The Morgan fingerprint density at radius 3 is 2.52 bits per heavy atom. The van der Waals surface area contributed by atoms with E-state index in [0.29, 0.717) is 26.1 Å². The fourth-order valence-corrected chi connectivity index (χ4v) is 6.08. The van der Waals surface area contributed by atoms with Crippen molar-refractivity contribution < 1.29 is 9.59 Å². The average molecular weight is 468 g/mol. The fraction of sp³-hybridized carbons (Fsp3) is 0.556. The zero-order valence-electron chi connectivity index (χ0n) is 20.6. The highest BCUT2D eigenvalue weighted by molar-refractivity contribution is 7.10. The Labute approximate surface area is 202 Å². The Bertz CT molecular complexity index is 1010. The molecule has 2 aliphatic rings. The van der Waals surface area contributed by atoms with Gasteiger partial charge in [0, 0.05) is 55.5 Å². The van der Waals surface area contributed by atoms with Crippen molar-refractivity contribution in [1.29, 1.82) is 0 Å². The summed E-state index contributed by atoms with van der Waals surface area (Å²) in [6, 6.07) is 11.2. The van der Waals surface area contributed by atoms with Crippen molar-refractivity contribution in [3.8, 4) is 0 Å². The molecule has 0 N–H and O–H groups in total. The lowest BCUT2D eigenvalue weighted by Crippen LogP contribution is -2.57. The second-order valence-corrected chi connectivity index (χ2v) is 11.5. The molecule has 0 radical (unpaired) electrons. The van der Waals surface area contributed by atoms with Crippen molar-refractivity contribution in [3.63, 3.8) is 0 Å². The van der Waals surface area contributed by atoms with Gasteiger partial charge in [0.25, 0.3) is 0 Å². The van der Waals surface area contributed by atoms with Crippen molar-refractivity contribution in [2.45, 2.75) is 59.5 Å². The number of amides is 2. The topological polar surface area (TPSA) is 43.9 Å². The zero-order valence-corrected chi connectivity index (χ0v) is 21.5. The van der Waals surface area contributed by atoms with E-state index in [1.807, 2.05) is 41.9 Å². The van der Waals surface area contributed by atoms with Crippen molar-refractivity contribution in [2.75, 3.05) is 32.7 Å². The summed E-state index contributed by atoms with van der Waals surface area (Å²) >= 11 is 1.85. The van der Waals surface area contributed by atoms with E-state index in [4.69, 9.17) is 0 Å². The molecule has 1 aromatic heterocycles. The number of thiophene rings is 1. The van der Waals surface area contributed by atoms with E-state index >= 15 is 0 Å². The number of carbonyl (C=O) groups is 2. The van der Waals surface area contributed by atoms with Crippen LogP contribution in [-0.2, 0) is 16.0 Å². The second-order valence-electron chi connectivity index (χ2n) is 10.5. The number of aryl methyl sites for hydroxylation is 1. The van der Waals surface area contributed by atoms with Crippen LogP contribution in [0.15, 0.2) is 35.7 Å². The Kier molecular flexibility index (Phi) is 6.96. The Balaban J connectivity index is 1.42. The first-order chi connectivity index (χ1) is 15.7. The summed E-state index contributed by atoms with van der Waals surface area (Å²) in [6.45, 7) is 13.7. The van der Waals surface area contributed by atoms with Crippen LogP contribution in [0.4, 0.5) is 0 Å².